The average molecular weight is 447 g/mol. The van der Waals surface area contributed by atoms with Crippen LogP contribution in [-0.4, -0.2) is 28.4 Å². The summed E-state index contributed by atoms with van der Waals surface area (Å²) in [6.45, 7) is 7.43. The lowest BCUT2D eigenvalue weighted by Crippen LogP contribution is -2.49. The Bertz CT molecular complexity index is 1450. The van der Waals surface area contributed by atoms with Crippen molar-refractivity contribution in [2.45, 2.75) is 38.9 Å². The summed E-state index contributed by atoms with van der Waals surface area (Å²) >= 11 is 0. The van der Waals surface area contributed by atoms with Crippen LogP contribution in [0.4, 0.5) is 0 Å². The van der Waals surface area contributed by atoms with Crippen molar-refractivity contribution < 1.29 is 9.76 Å². The third kappa shape index (κ3) is 4.04. The molecule has 170 valence electrons. The zero-order chi connectivity index (χ0) is 23.9. The molecular weight excluding hydrogens is 417 g/mol. The topological polar surface area (TPSA) is 34.4 Å². The van der Waals surface area contributed by atoms with Gasteiger partial charge in [-0.3, -0.25) is 0 Å². The van der Waals surface area contributed by atoms with Gasteiger partial charge in [0.25, 0.3) is 0 Å². The molecule has 4 heteroatoms. The van der Waals surface area contributed by atoms with E-state index in [1.165, 1.54) is 27.4 Å². The highest BCUT2D eigenvalue weighted by atomic mass is 16.5. The fraction of sp³-hybridized carbons (Fsp3) is 0.200. The molecule has 0 saturated carbocycles. The Morgan fingerprint density at radius 2 is 1.35 bits per heavy atom. The number of hydrogen-bond donors (Lipinski definition) is 1. The number of aromatic nitrogens is 1. The van der Waals surface area contributed by atoms with Crippen molar-refractivity contribution in [2.24, 2.45) is 0 Å². The highest BCUT2D eigenvalue weighted by Crippen LogP contribution is 2.34. The first-order valence-corrected chi connectivity index (χ1v) is 11.8. The average Bonchev–Trinajstić information content (AvgIpc) is 3.16. The molecule has 0 aliphatic heterocycles. The predicted octanol–water partition coefficient (Wildman–Crippen LogP) is 5.99. The minimum Gasteiger partial charge on any atom is -0.427 e. The lowest BCUT2D eigenvalue weighted by molar-refractivity contribution is -0.0893. The summed E-state index contributed by atoms with van der Waals surface area (Å²) in [5.41, 5.74) is 5.34. The maximum Gasteiger partial charge on any atom is 0.309 e. The highest BCUT2D eigenvalue weighted by Gasteiger charge is 2.35. The number of para-hydroxylation sites is 1. The van der Waals surface area contributed by atoms with Gasteiger partial charge in [-0.2, -0.15) is 0 Å². The van der Waals surface area contributed by atoms with E-state index in [1.54, 1.807) is 13.8 Å². The summed E-state index contributed by atoms with van der Waals surface area (Å²) in [6, 6.07) is 34.2. The standard InChI is InChI=1S/C30H30BNO2/c1-29(2,33)30(3,4)34-31-23-16-17-25-26-19-22(21-11-7-5-8-12-21)15-18-27(26)32(28(25)20-23)24-13-9-6-10-14-24/h5-20,31,33H,1-4H3. The lowest BCUT2D eigenvalue weighted by atomic mass is 9.82. The molecule has 3 nitrogen and oxygen atoms in total. The van der Waals surface area contributed by atoms with Crippen molar-refractivity contribution in [3.63, 3.8) is 0 Å². The van der Waals surface area contributed by atoms with E-state index in [9.17, 15) is 5.11 Å². The van der Waals surface area contributed by atoms with Gasteiger partial charge in [-0.05, 0) is 69.2 Å². The van der Waals surface area contributed by atoms with E-state index in [-0.39, 0.29) is 0 Å². The lowest BCUT2D eigenvalue weighted by Gasteiger charge is -2.37. The van der Waals surface area contributed by atoms with Gasteiger partial charge in [0.2, 0.25) is 0 Å². The first kappa shape index (κ1) is 22.5. The smallest absolute Gasteiger partial charge is 0.309 e. The number of benzene rings is 4. The van der Waals surface area contributed by atoms with E-state index in [4.69, 9.17) is 4.65 Å². The molecule has 0 atom stereocenters. The number of rotatable bonds is 6. The van der Waals surface area contributed by atoms with Gasteiger partial charge in [-0.15, -0.1) is 0 Å². The molecule has 0 bridgehead atoms. The number of fused-ring (bicyclic) bond motifs is 3. The van der Waals surface area contributed by atoms with E-state index < -0.39 is 11.2 Å². The molecule has 0 unspecified atom stereocenters. The minimum atomic E-state index is -0.941. The van der Waals surface area contributed by atoms with Crippen molar-refractivity contribution in [2.75, 3.05) is 0 Å². The van der Waals surface area contributed by atoms with Crippen LogP contribution in [0.25, 0.3) is 38.6 Å². The van der Waals surface area contributed by atoms with Crippen LogP contribution in [0.1, 0.15) is 27.7 Å². The quantitative estimate of drug-likeness (QED) is 0.324. The highest BCUT2D eigenvalue weighted by molar-refractivity contribution is 6.47. The van der Waals surface area contributed by atoms with Gasteiger partial charge in [-0.1, -0.05) is 72.2 Å². The largest absolute Gasteiger partial charge is 0.427 e. The van der Waals surface area contributed by atoms with Gasteiger partial charge < -0.3 is 14.3 Å². The first-order chi connectivity index (χ1) is 16.2. The van der Waals surface area contributed by atoms with Crippen LogP contribution in [0.3, 0.4) is 0 Å². The SMILES string of the molecule is CC(C)(O)C(C)(C)OBc1ccc2c3cc(-c4ccccc4)ccc3n(-c3ccccc3)c2c1. The van der Waals surface area contributed by atoms with Gasteiger partial charge in [0.15, 0.2) is 0 Å². The molecule has 1 N–H and O–H groups in total. The molecule has 0 spiro atoms. The maximum absolute atomic E-state index is 10.5. The summed E-state index contributed by atoms with van der Waals surface area (Å²) in [4.78, 5) is 0. The van der Waals surface area contributed by atoms with Crippen LogP contribution in [0.15, 0.2) is 97.1 Å². The minimum absolute atomic E-state index is 0.429. The zero-order valence-corrected chi connectivity index (χ0v) is 20.2. The molecule has 5 aromatic rings. The molecular formula is C30H30BNO2. The summed E-state index contributed by atoms with van der Waals surface area (Å²) in [5, 5.41) is 12.9. The number of nitrogens with zero attached hydrogens (tertiary/aromatic N) is 1. The molecule has 0 saturated heterocycles. The molecule has 34 heavy (non-hydrogen) atoms. The molecule has 4 aromatic carbocycles. The molecule has 0 fully saturated rings. The molecule has 1 heterocycles. The van der Waals surface area contributed by atoms with E-state index in [2.05, 4.69) is 89.5 Å². The summed E-state index contributed by atoms with van der Waals surface area (Å²) in [5.74, 6) is 0. The second-order valence-electron chi connectivity index (χ2n) is 9.98. The third-order valence-corrected chi connectivity index (χ3v) is 7.03. The summed E-state index contributed by atoms with van der Waals surface area (Å²) < 4.78 is 8.49. The van der Waals surface area contributed by atoms with Crippen molar-refractivity contribution in [1.29, 1.82) is 0 Å². The maximum atomic E-state index is 10.5. The predicted molar refractivity (Wildman–Crippen MR) is 144 cm³/mol. The Morgan fingerprint density at radius 1 is 0.676 bits per heavy atom. The molecule has 1 aromatic heterocycles. The Balaban J connectivity index is 1.66. The Hall–Kier alpha value is -3.34. The van der Waals surface area contributed by atoms with Crippen LogP contribution in [0, 0.1) is 0 Å². The second kappa shape index (κ2) is 8.46. The first-order valence-electron chi connectivity index (χ1n) is 11.8. The fourth-order valence-electron chi connectivity index (χ4n) is 4.26. The molecule has 0 amide bonds. The number of aliphatic hydroxyl groups is 1. The van der Waals surface area contributed by atoms with E-state index in [0.29, 0.717) is 7.48 Å². The van der Waals surface area contributed by atoms with Crippen molar-refractivity contribution in [1.82, 2.24) is 4.57 Å². The zero-order valence-electron chi connectivity index (χ0n) is 20.2. The molecule has 5 rings (SSSR count). The van der Waals surface area contributed by atoms with Crippen molar-refractivity contribution in [3.8, 4) is 16.8 Å². The van der Waals surface area contributed by atoms with Crippen LogP contribution >= 0.6 is 0 Å². The van der Waals surface area contributed by atoms with E-state index >= 15 is 0 Å². The van der Waals surface area contributed by atoms with Crippen LogP contribution in [-0.2, 0) is 4.65 Å². The van der Waals surface area contributed by atoms with Gasteiger partial charge in [-0.25, -0.2) is 0 Å². The summed E-state index contributed by atoms with van der Waals surface area (Å²) in [7, 11) is 0.429. The van der Waals surface area contributed by atoms with Crippen LogP contribution < -0.4 is 5.46 Å². The van der Waals surface area contributed by atoms with E-state index in [1.807, 2.05) is 26.0 Å². The van der Waals surface area contributed by atoms with Crippen molar-refractivity contribution in [3.05, 3.63) is 97.1 Å². The second-order valence-corrected chi connectivity index (χ2v) is 9.98. The molecule has 0 aliphatic rings. The van der Waals surface area contributed by atoms with E-state index in [0.717, 1.165) is 16.7 Å². The third-order valence-electron chi connectivity index (χ3n) is 7.03. The van der Waals surface area contributed by atoms with Gasteiger partial charge in [0.05, 0.1) is 22.2 Å². The van der Waals surface area contributed by atoms with Crippen LogP contribution in [0.5, 0.6) is 0 Å². The molecule has 0 radical (unpaired) electrons. The van der Waals surface area contributed by atoms with Gasteiger partial charge in [0.1, 0.15) is 0 Å². The van der Waals surface area contributed by atoms with Crippen LogP contribution in [0.2, 0.25) is 0 Å². The fourth-order valence-corrected chi connectivity index (χ4v) is 4.26. The Kier molecular flexibility index (Phi) is 5.59. The summed E-state index contributed by atoms with van der Waals surface area (Å²) in [6.07, 6.45) is 0. The number of hydrogen-bond acceptors (Lipinski definition) is 2. The van der Waals surface area contributed by atoms with Gasteiger partial charge >= 0.3 is 7.48 Å². The Morgan fingerprint density at radius 3 is 2.03 bits per heavy atom. The Labute approximate surface area is 201 Å². The molecule has 0 aliphatic carbocycles. The van der Waals surface area contributed by atoms with Gasteiger partial charge in [0, 0.05) is 16.5 Å². The van der Waals surface area contributed by atoms with Crippen molar-refractivity contribution >= 4 is 34.8 Å². The normalized spacial score (nSPS) is 12.4. The monoisotopic (exact) mass is 447 g/mol.